The van der Waals surface area contributed by atoms with Gasteiger partial charge in [0.1, 0.15) is 11.6 Å². The van der Waals surface area contributed by atoms with Crippen LogP contribution in [0.15, 0.2) is 52.4 Å². The lowest BCUT2D eigenvalue weighted by molar-refractivity contribution is 0.241. The fourth-order valence-corrected chi connectivity index (χ4v) is 6.25. The number of hydrogen-bond donors (Lipinski definition) is 2. The molecule has 0 atom stereocenters. The van der Waals surface area contributed by atoms with Crippen molar-refractivity contribution in [2.24, 2.45) is 4.99 Å². The van der Waals surface area contributed by atoms with E-state index >= 15 is 0 Å². The van der Waals surface area contributed by atoms with Crippen LogP contribution in [-0.2, 0) is 16.6 Å². The minimum Gasteiger partial charge on any atom is -0.497 e. The van der Waals surface area contributed by atoms with Gasteiger partial charge in [-0.25, -0.2) is 8.42 Å². The SMILES string of the molecule is COc1ccc(CNC2=NCCNC23CCN(S(=O)(=O)c2ccc(C)cc2C)CC3)cc1. The lowest BCUT2D eigenvalue weighted by atomic mass is 9.85. The van der Waals surface area contributed by atoms with Gasteiger partial charge in [0.15, 0.2) is 0 Å². The summed E-state index contributed by atoms with van der Waals surface area (Å²) in [6, 6.07) is 13.5. The van der Waals surface area contributed by atoms with Crippen LogP contribution in [0, 0.1) is 13.8 Å². The molecule has 1 saturated heterocycles. The molecule has 0 radical (unpaired) electrons. The van der Waals surface area contributed by atoms with Crippen molar-refractivity contribution in [2.45, 2.75) is 43.7 Å². The molecule has 0 bridgehead atoms. The number of nitrogens with zero attached hydrogens (tertiary/aromatic N) is 2. The van der Waals surface area contributed by atoms with Gasteiger partial charge < -0.3 is 15.4 Å². The second-order valence-electron chi connectivity index (χ2n) is 8.61. The molecule has 2 heterocycles. The Balaban J connectivity index is 1.45. The van der Waals surface area contributed by atoms with Crippen LogP contribution in [0.2, 0.25) is 0 Å². The molecule has 0 aromatic heterocycles. The summed E-state index contributed by atoms with van der Waals surface area (Å²) in [6.07, 6.45) is 1.37. The Morgan fingerprint density at radius 1 is 1.12 bits per heavy atom. The van der Waals surface area contributed by atoms with Gasteiger partial charge in [0, 0.05) is 26.2 Å². The van der Waals surface area contributed by atoms with E-state index in [1.54, 1.807) is 17.5 Å². The first-order chi connectivity index (χ1) is 15.3. The van der Waals surface area contributed by atoms with E-state index in [1.165, 1.54) is 0 Å². The Kier molecular flexibility index (Phi) is 6.55. The molecule has 2 aliphatic rings. The summed E-state index contributed by atoms with van der Waals surface area (Å²) in [5.41, 5.74) is 2.70. The van der Waals surface area contributed by atoms with Gasteiger partial charge in [-0.2, -0.15) is 4.31 Å². The van der Waals surface area contributed by atoms with Gasteiger partial charge in [0.25, 0.3) is 0 Å². The maximum absolute atomic E-state index is 13.3. The number of rotatable bonds is 5. The van der Waals surface area contributed by atoms with Crippen LogP contribution >= 0.6 is 0 Å². The van der Waals surface area contributed by atoms with Gasteiger partial charge in [-0.15, -0.1) is 0 Å². The third-order valence-electron chi connectivity index (χ3n) is 6.44. The maximum Gasteiger partial charge on any atom is 0.243 e. The van der Waals surface area contributed by atoms with Crippen molar-refractivity contribution in [3.8, 4) is 5.75 Å². The highest BCUT2D eigenvalue weighted by Gasteiger charge is 2.43. The molecule has 4 rings (SSSR count). The average Bonchev–Trinajstić information content (AvgIpc) is 2.79. The number of aliphatic imine (C=N–C) groups is 1. The first-order valence-electron chi connectivity index (χ1n) is 11.1. The minimum atomic E-state index is -3.51. The molecule has 7 nitrogen and oxygen atoms in total. The van der Waals surface area contributed by atoms with E-state index < -0.39 is 10.0 Å². The van der Waals surface area contributed by atoms with Crippen LogP contribution in [0.4, 0.5) is 0 Å². The predicted octanol–water partition coefficient (Wildman–Crippen LogP) is 2.63. The summed E-state index contributed by atoms with van der Waals surface area (Å²) in [5, 5.41) is 7.15. The monoisotopic (exact) mass is 456 g/mol. The van der Waals surface area contributed by atoms with Crippen LogP contribution < -0.4 is 15.4 Å². The van der Waals surface area contributed by atoms with Crippen LogP contribution in [0.5, 0.6) is 5.75 Å². The smallest absolute Gasteiger partial charge is 0.243 e. The van der Waals surface area contributed by atoms with Crippen molar-refractivity contribution >= 4 is 15.9 Å². The zero-order chi connectivity index (χ0) is 22.8. The topological polar surface area (TPSA) is 83.0 Å². The number of piperidine rings is 1. The van der Waals surface area contributed by atoms with E-state index in [1.807, 2.05) is 50.2 Å². The van der Waals surface area contributed by atoms with E-state index in [9.17, 15) is 8.42 Å². The number of ether oxygens (including phenoxy) is 1. The van der Waals surface area contributed by atoms with Crippen molar-refractivity contribution in [2.75, 3.05) is 33.3 Å². The normalized spacial score (nSPS) is 18.9. The largest absolute Gasteiger partial charge is 0.497 e. The lowest BCUT2D eigenvalue weighted by Crippen LogP contribution is -2.64. The third-order valence-corrected chi connectivity index (χ3v) is 8.50. The van der Waals surface area contributed by atoms with Crippen molar-refractivity contribution < 1.29 is 13.2 Å². The van der Waals surface area contributed by atoms with Gasteiger partial charge in [-0.1, -0.05) is 29.8 Å². The Hall–Kier alpha value is -2.42. The van der Waals surface area contributed by atoms with E-state index in [-0.39, 0.29) is 5.54 Å². The van der Waals surface area contributed by atoms with Gasteiger partial charge in [0.05, 0.1) is 24.1 Å². The molecule has 0 amide bonds. The molecule has 2 aromatic carbocycles. The molecule has 1 spiro atoms. The van der Waals surface area contributed by atoms with Crippen molar-refractivity contribution in [3.05, 3.63) is 59.2 Å². The zero-order valence-electron chi connectivity index (χ0n) is 19.0. The van der Waals surface area contributed by atoms with Crippen LogP contribution in [0.1, 0.15) is 29.5 Å². The van der Waals surface area contributed by atoms with Crippen molar-refractivity contribution in [3.63, 3.8) is 0 Å². The molecule has 1 fully saturated rings. The molecule has 0 unspecified atom stereocenters. The molecule has 172 valence electrons. The van der Waals surface area contributed by atoms with E-state index in [0.29, 0.717) is 37.4 Å². The first kappa shape index (κ1) is 22.8. The maximum atomic E-state index is 13.3. The molecular formula is C24H32N4O3S. The molecule has 2 N–H and O–H groups in total. The number of sulfonamides is 1. The highest BCUT2D eigenvalue weighted by Crippen LogP contribution is 2.30. The van der Waals surface area contributed by atoms with Crippen molar-refractivity contribution in [1.82, 2.24) is 14.9 Å². The number of aryl methyl sites for hydroxylation is 2. The quantitative estimate of drug-likeness (QED) is 0.723. The summed E-state index contributed by atoms with van der Waals surface area (Å²) in [4.78, 5) is 5.18. The van der Waals surface area contributed by atoms with Gasteiger partial charge in [-0.05, 0) is 56.0 Å². The van der Waals surface area contributed by atoms with Crippen LogP contribution in [-0.4, -0.2) is 57.4 Å². The second kappa shape index (κ2) is 9.21. The number of nitrogens with one attached hydrogen (secondary N) is 2. The Bertz CT molecular complexity index is 1090. The number of benzene rings is 2. The molecular weight excluding hydrogens is 424 g/mol. The molecule has 8 heteroatoms. The summed E-state index contributed by atoms with van der Waals surface area (Å²) in [5.74, 6) is 1.77. The summed E-state index contributed by atoms with van der Waals surface area (Å²) in [6.45, 7) is 6.95. The van der Waals surface area contributed by atoms with Crippen molar-refractivity contribution in [1.29, 1.82) is 0 Å². The summed E-state index contributed by atoms with van der Waals surface area (Å²) in [7, 11) is -1.85. The fourth-order valence-electron chi connectivity index (χ4n) is 4.60. The second-order valence-corrected chi connectivity index (χ2v) is 10.5. The van der Waals surface area contributed by atoms with E-state index in [2.05, 4.69) is 10.6 Å². The highest BCUT2D eigenvalue weighted by molar-refractivity contribution is 7.89. The molecule has 32 heavy (non-hydrogen) atoms. The highest BCUT2D eigenvalue weighted by atomic mass is 32.2. The third kappa shape index (κ3) is 4.53. The number of amidine groups is 1. The predicted molar refractivity (Wildman–Crippen MR) is 127 cm³/mol. The number of hydrogen-bond acceptors (Lipinski definition) is 6. The fraction of sp³-hybridized carbons (Fsp3) is 0.458. The van der Waals surface area contributed by atoms with Crippen LogP contribution in [0.25, 0.3) is 0 Å². The molecule has 0 saturated carbocycles. The molecule has 2 aliphatic heterocycles. The van der Waals surface area contributed by atoms with Gasteiger partial charge in [-0.3, -0.25) is 4.99 Å². The molecule has 0 aliphatic carbocycles. The zero-order valence-corrected chi connectivity index (χ0v) is 19.8. The molecule has 2 aromatic rings. The number of methoxy groups -OCH3 is 1. The minimum absolute atomic E-state index is 0.306. The Morgan fingerprint density at radius 3 is 2.50 bits per heavy atom. The Labute approximate surface area is 190 Å². The summed E-state index contributed by atoms with van der Waals surface area (Å²) >= 11 is 0. The average molecular weight is 457 g/mol. The van der Waals surface area contributed by atoms with E-state index in [4.69, 9.17) is 9.73 Å². The van der Waals surface area contributed by atoms with Gasteiger partial charge >= 0.3 is 0 Å². The lowest BCUT2D eigenvalue weighted by Gasteiger charge is -2.44. The first-order valence-corrected chi connectivity index (χ1v) is 12.5. The Morgan fingerprint density at radius 2 is 1.84 bits per heavy atom. The van der Waals surface area contributed by atoms with Crippen LogP contribution in [0.3, 0.4) is 0 Å². The summed E-state index contributed by atoms with van der Waals surface area (Å²) < 4.78 is 33.4. The van der Waals surface area contributed by atoms with E-state index in [0.717, 1.165) is 41.4 Å². The standard InChI is InChI=1S/C24H32N4O3S/c1-18-4-9-22(19(2)16-18)32(29,30)28-14-10-24(11-15-28)23(25-12-13-27-24)26-17-20-5-7-21(31-3)8-6-20/h4-9,16,27H,10-15,17H2,1-3H3,(H,25,26). The van der Waals surface area contributed by atoms with Gasteiger partial charge in [0.2, 0.25) is 10.0 Å².